The standard InChI is InChI=1S/C11H15BrFNS/c1-2-15-7-9(14)5-8-3-4-11(13)10(12)6-8/h3-4,6,9H,2,5,7,14H2,1H3. The number of hydrogen-bond donors (Lipinski definition) is 1. The molecule has 0 saturated heterocycles. The molecule has 15 heavy (non-hydrogen) atoms. The third-order valence-electron chi connectivity index (χ3n) is 2.02. The summed E-state index contributed by atoms with van der Waals surface area (Å²) in [5, 5.41) is 0. The Labute approximate surface area is 103 Å². The zero-order valence-electron chi connectivity index (χ0n) is 8.67. The van der Waals surface area contributed by atoms with Crippen molar-refractivity contribution in [1.29, 1.82) is 0 Å². The van der Waals surface area contributed by atoms with E-state index in [2.05, 4.69) is 22.9 Å². The SMILES string of the molecule is CCSCC(N)Cc1ccc(F)c(Br)c1. The first-order valence-electron chi connectivity index (χ1n) is 4.90. The molecule has 1 atom stereocenters. The van der Waals surface area contributed by atoms with Crippen molar-refractivity contribution in [2.24, 2.45) is 5.73 Å². The lowest BCUT2D eigenvalue weighted by atomic mass is 10.1. The molecule has 0 radical (unpaired) electrons. The largest absolute Gasteiger partial charge is 0.327 e. The van der Waals surface area contributed by atoms with Crippen LogP contribution in [0.15, 0.2) is 22.7 Å². The smallest absolute Gasteiger partial charge is 0.137 e. The number of rotatable bonds is 5. The van der Waals surface area contributed by atoms with Crippen LogP contribution in [0.4, 0.5) is 4.39 Å². The van der Waals surface area contributed by atoms with Crippen molar-refractivity contribution in [3.8, 4) is 0 Å². The summed E-state index contributed by atoms with van der Waals surface area (Å²) in [5.41, 5.74) is 7.03. The molecule has 0 amide bonds. The van der Waals surface area contributed by atoms with Crippen LogP contribution >= 0.6 is 27.7 Å². The molecule has 0 spiro atoms. The van der Waals surface area contributed by atoms with Crippen molar-refractivity contribution >= 4 is 27.7 Å². The van der Waals surface area contributed by atoms with Gasteiger partial charge in [0.15, 0.2) is 0 Å². The molecule has 0 aliphatic rings. The van der Waals surface area contributed by atoms with Crippen LogP contribution < -0.4 is 5.73 Å². The van der Waals surface area contributed by atoms with Crippen molar-refractivity contribution in [2.75, 3.05) is 11.5 Å². The van der Waals surface area contributed by atoms with Gasteiger partial charge in [-0.15, -0.1) is 0 Å². The van der Waals surface area contributed by atoms with Crippen molar-refractivity contribution < 1.29 is 4.39 Å². The summed E-state index contributed by atoms with van der Waals surface area (Å²) in [5.74, 6) is 1.81. The Morgan fingerprint density at radius 3 is 2.87 bits per heavy atom. The van der Waals surface area contributed by atoms with Gasteiger partial charge in [-0.1, -0.05) is 13.0 Å². The van der Waals surface area contributed by atoms with E-state index < -0.39 is 0 Å². The lowest BCUT2D eigenvalue weighted by Gasteiger charge is -2.10. The van der Waals surface area contributed by atoms with Crippen LogP contribution in [0, 0.1) is 5.82 Å². The molecule has 1 unspecified atom stereocenters. The fourth-order valence-electron chi connectivity index (χ4n) is 1.30. The highest BCUT2D eigenvalue weighted by atomic mass is 79.9. The first-order chi connectivity index (χ1) is 7.13. The van der Waals surface area contributed by atoms with Gasteiger partial charge in [-0.2, -0.15) is 11.8 Å². The monoisotopic (exact) mass is 291 g/mol. The molecule has 0 aliphatic heterocycles. The molecule has 1 aromatic carbocycles. The summed E-state index contributed by atoms with van der Waals surface area (Å²) >= 11 is 5.00. The first kappa shape index (κ1) is 13.0. The summed E-state index contributed by atoms with van der Waals surface area (Å²) < 4.78 is 13.5. The molecule has 0 saturated carbocycles. The second-order valence-electron chi connectivity index (χ2n) is 3.37. The number of hydrogen-bond acceptors (Lipinski definition) is 2. The third kappa shape index (κ3) is 4.53. The van der Waals surface area contributed by atoms with E-state index in [-0.39, 0.29) is 11.9 Å². The van der Waals surface area contributed by atoms with E-state index in [9.17, 15) is 4.39 Å². The zero-order chi connectivity index (χ0) is 11.3. The fraction of sp³-hybridized carbons (Fsp3) is 0.455. The normalized spacial score (nSPS) is 12.8. The first-order valence-corrected chi connectivity index (χ1v) is 6.85. The highest BCUT2D eigenvalue weighted by molar-refractivity contribution is 9.10. The van der Waals surface area contributed by atoms with Crippen LogP contribution in [-0.2, 0) is 6.42 Å². The molecule has 1 nitrogen and oxygen atoms in total. The van der Waals surface area contributed by atoms with Crippen molar-refractivity contribution in [3.05, 3.63) is 34.1 Å². The lowest BCUT2D eigenvalue weighted by Crippen LogP contribution is -2.25. The highest BCUT2D eigenvalue weighted by Crippen LogP contribution is 2.18. The van der Waals surface area contributed by atoms with Gasteiger partial charge in [0.1, 0.15) is 5.82 Å². The highest BCUT2D eigenvalue weighted by Gasteiger charge is 2.06. The molecule has 0 fully saturated rings. The minimum absolute atomic E-state index is 0.146. The van der Waals surface area contributed by atoms with Crippen LogP contribution in [0.3, 0.4) is 0 Å². The minimum atomic E-state index is -0.227. The predicted octanol–water partition coefficient (Wildman–Crippen LogP) is 3.21. The summed E-state index contributed by atoms with van der Waals surface area (Å²) in [6.45, 7) is 2.12. The molecule has 1 aromatic rings. The predicted molar refractivity (Wildman–Crippen MR) is 68.8 cm³/mol. The topological polar surface area (TPSA) is 26.0 Å². The van der Waals surface area contributed by atoms with Gasteiger partial charge < -0.3 is 5.73 Å². The van der Waals surface area contributed by atoms with E-state index in [1.165, 1.54) is 6.07 Å². The second-order valence-corrected chi connectivity index (χ2v) is 5.55. The van der Waals surface area contributed by atoms with E-state index in [0.29, 0.717) is 4.47 Å². The van der Waals surface area contributed by atoms with Crippen LogP contribution in [0.1, 0.15) is 12.5 Å². The van der Waals surface area contributed by atoms with Gasteiger partial charge in [0.05, 0.1) is 4.47 Å². The Bertz CT molecular complexity index is 319. The van der Waals surface area contributed by atoms with Crippen LogP contribution in [0.5, 0.6) is 0 Å². The quantitative estimate of drug-likeness (QED) is 0.902. The molecule has 84 valence electrons. The van der Waals surface area contributed by atoms with Crippen LogP contribution in [0.2, 0.25) is 0 Å². The van der Waals surface area contributed by atoms with E-state index in [1.807, 2.05) is 11.8 Å². The number of nitrogens with two attached hydrogens (primary N) is 1. The molecule has 4 heteroatoms. The molecule has 0 bridgehead atoms. The van der Waals surface area contributed by atoms with Crippen molar-refractivity contribution in [1.82, 2.24) is 0 Å². The molecular formula is C11H15BrFNS. The number of benzene rings is 1. The Morgan fingerprint density at radius 1 is 1.53 bits per heavy atom. The molecular weight excluding hydrogens is 277 g/mol. The van der Waals surface area contributed by atoms with Gasteiger partial charge >= 0.3 is 0 Å². The zero-order valence-corrected chi connectivity index (χ0v) is 11.1. The average molecular weight is 292 g/mol. The van der Waals surface area contributed by atoms with Gasteiger partial charge in [-0.05, 0) is 45.8 Å². The maximum atomic E-state index is 13.0. The van der Waals surface area contributed by atoms with Gasteiger partial charge in [0.25, 0.3) is 0 Å². The van der Waals surface area contributed by atoms with E-state index in [1.54, 1.807) is 12.1 Å². The molecule has 2 N–H and O–H groups in total. The lowest BCUT2D eigenvalue weighted by molar-refractivity contribution is 0.619. The van der Waals surface area contributed by atoms with Gasteiger partial charge in [0.2, 0.25) is 0 Å². The second kappa shape index (κ2) is 6.51. The Morgan fingerprint density at radius 2 is 2.27 bits per heavy atom. The Hall–Kier alpha value is -0.0600. The molecule has 1 rings (SSSR count). The molecule has 0 aliphatic carbocycles. The molecule has 0 aromatic heterocycles. The summed E-state index contributed by atoms with van der Waals surface area (Å²) in [6.07, 6.45) is 0.798. The maximum Gasteiger partial charge on any atom is 0.137 e. The van der Waals surface area contributed by atoms with Crippen molar-refractivity contribution in [2.45, 2.75) is 19.4 Å². The fourth-order valence-corrected chi connectivity index (χ4v) is 2.38. The average Bonchev–Trinajstić information content (AvgIpc) is 2.20. The van der Waals surface area contributed by atoms with Crippen molar-refractivity contribution in [3.63, 3.8) is 0 Å². The van der Waals surface area contributed by atoms with Gasteiger partial charge in [-0.3, -0.25) is 0 Å². The minimum Gasteiger partial charge on any atom is -0.327 e. The Balaban J connectivity index is 2.53. The summed E-state index contributed by atoms with van der Waals surface area (Å²) in [4.78, 5) is 0. The number of thioether (sulfide) groups is 1. The van der Waals surface area contributed by atoms with E-state index in [0.717, 1.165) is 23.5 Å². The van der Waals surface area contributed by atoms with Gasteiger partial charge in [0, 0.05) is 11.8 Å². The Kier molecular flexibility index (Phi) is 5.64. The van der Waals surface area contributed by atoms with E-state index in [4.69, 9.17) is 5.73 Å². The maximum absolute atomic E-state index is 13.0. The number of halogens is 2. The van der Waals surface area contributed by atoms with Crippen LogP contribution in [-0.4, -0.2) is 17.5 Å². The summed E-state index contributed by atoms with van der Waals surface area (Å²) in [7, 11) is 0. The molecule has 0 heterocycles. The van der Waals surface area contributed by atoms with Crippen LogP contribution in [0.25, 0.3) is 0 Å². The van der Waals surface area contributed by atoms with Gasteiger partial charge in [-0.25, -0.2) is 4.39 Å². The summed E-state index contributed by atoms with van der Waals surface area (Å²) in [6, 6.07) is 5.20. The third-order valence-corrected chi connectivity index (χ3v) is 3.70. The van der Waals surface area contributed by atoms with E-state index >= 15 is 0 Å².